The highest BCUT2D eigenvalue weighted by Gasteiger charge is 2.22. The lowest BCUT2D eigenvalue weighted by Crippen LogP contribution is -2.48. The van der Waals surface area contributed by atoms with E-state index in [1.54, 1.807) is 0 Å². The van der Waals surface area contributed by atoms with E-state index >= 15 is 0 Å². The average molecular weight is 226 g/mol. The van der Waals surface area contributed by atoms with E-state index in [9.17, 15) is 4.79 Å². The van der Waals surface area contributed by atoms with Crippen molar-refractivity contribution >= 4 is 6.03 Å². The minimum absolute atomic E-state index is 0.145. The number of nitrogens with one attached hydrogen (secondary N) is 1. The SMILES string of the molecule is CCCC(CC)NC(=O)N1CCCC(C)C1. The summed E-state index contributed by atoms with van der Waals surface area (Å²) in [6, 6.07) is 0.501. The van der Waals surface area contributed by atoms with Gasteiger partial charge >= 0.3 is 6.03 Å². The van der Waals surface area contributed by atoms with Gasteiger partial charge in [-0.3, -0.25) is 0 Å². The van der Waals surface area contributed by atoms with Crippen molar-refractivity contribution in [3.63, 3.8) is 0 Å². The third-order valence-corrected chi connectivity index (χ3v) is 3.40. The molecule has 0 aromatic heterocycles. The Bertz CT molecular complexity index is 218. The number of piperidine rings is 1. The molecule has 1 N–H and O–H groups in total. The van der Waals surface area contributed by atoms with Gasteiger partial charge in [0.1, 0.15) is 0 Å². The van der Waals surface area contributed by atoms with Crippen LogP contribution in [0.2, 0.25) is 0 Å². The second-order valence-electron chi connectivity index (χ2n) is 5.04. The molecule has 94 valence electrons. The zero-order valence-electron chi connectivity index (χ0n) is 11.0. The van der Waals surface area contributed by atoms with Crippen LogP contribution in [0.5, 0.6) is 0 Å². The fourth-order valence-electron chi connectivity index (χ4n) is 2.37. The zero-order chi connectivity index (χ0) is 12.0. The highest BCUT2D eigenvalue weighted by atomic mass is 16.2. The Morgan fingerprint density at radius 1 is 1.50 bits per heavy atom. The summed E-state index contributed by atoms with van der Waals surface area (Å²) in [5.41, 5.74) is 0. The van der Waals surface area contributed by atoms with Crippen molar-refractivity contribution in [2.45, 2.75) is 58.9 Å². The Morgan fingerprint density at radius 2 is 2.25 bits per heavy atom. The van der Waals surface area contributed by atoms with Crippen molar-refractivity contribution in [1.29, 1.82) is 0 Å². The van der Waals surface area contributed by atoms with Crippen LogP contribution in [0.15, 0.2) is 0 Å². The molecule has 0 saturated carbocycles. The highest BCUT2D eigenvalue weighted by molar-refractivity contribution is 5.74. The van der Waals surface area contributed by atoms with Crippen LogP contribution >= 0.6 is 0 Å². The third-order valence-electron chi connectivity index (χ3n) is 3.40. The Morgan fingerprint density at radius 3 is 2.81 bits per heavy atom. The third kappa shape index (κ3) is 4.03. The van der Waals surface area contributed by atoms with Crippen LogP contribution in [0.4, 0.5) is 4.79 Å². The van der Waals surface area contributed by atoms with Crippen LogP contribution < -0.4 is 5.32 Å². The van der Waals surface area contributed by atoms with Crippen LogP contribution in [-0.2, 0) is 0 Å². The van der Waals surface area contributed by atoms with Crippen LogP contribution in [-0.4, -0.2) is 30.1 Å². The summed E-state index contributed by atoms with van der Waals surface area (Å²) in [6.45, 7) is 8.38. The van der Waals surface area contributed by atoms with E-state index in [0.717, 1.165) is 38.8 Å². The molecule has 1 saturated heterocycles. The van der Waals surface area contributed by atoms with Crippen molar-refractivity contribution in [3.05, 3.63) is 0 Å². The summed E-state index contributed by atoms with van der Waals surface area (Å²) < 4.78 is 0. The molecule has 1 heterocycles. The maximum atomic E-state index is 12.0. The first-order valence-corrected chi connectivity index (χ1v) is 6.72. The summed E-state index contributed by atoms with van der Waals surface area (Å²) in [4.78, 5) is 14.0. The van der Waals surface area contributed by atoms with Crippen molar-refractivity contribution in [2.24, 2.45) is 5.92 Å². The fourth-order valence-corrected chi connectivity index (χ4v) is 2.37. The van der Waals surface area contributed by atoms with Crippen LogP contribution in [0.1, 0.15) is 52.9 Å². The summed E-state index contributed by atoms with van der Waals surface area (Å²) in [7, 11) is 0. The monoisotopic (exact) mass is 226 g/mol. The van der Waals surface area contributed by atoms with Gasteiger partial charge < -0.3 is 10.2 Å². The zero-order valence-corrected chi connectivity index (χ0v) is 11.0. The lowest BCUT2D eigenvalue weighted by Gasteiger charge is -2.32. The van der Waals surface area contributed by atoms with E-state index in [-0.39, 0.29) is 6.03 Å². The van der Waals surface area contributed by atoms with Gasteiger partial charge in [0.2, 0.25) is 0 Å². The number of urea groups is 1. The molecule has 3 heteroatoms. The van der Waals surface area contributed by atoms with E-state index < -0.39 is 0 Å². The molecule has 0 spiro atoms. The summed E-state index contributed by atoms with van der Waals surface area (Å²) >= 11 is 0. The fraction of sp³-hybridized carbons (Fsp3) is 0.923. The van der Waals surface area contributed by atoms with Gasteiger partial charge in [-0.2, -0.15) is 0 Å². The maximum Gasteiger partial charge on any atom is 0.317 e. The molecule has 0 radical (unpaired) electrons. The number of hydrogen-bond donors (Lipinski definition) is 1. The van der Waals surface area contributed by atoms with Crippen molar-refractivity contribution in [2.75, 3.05) is 13.1 Å². The average Bonchev–Trinajstić information content (AvgIpc) is 2.28. The van der Waals surface area contributed by atoms with Crippen LogP contribution in [0.3, 0.4) is 0 Å². The molecular formula is C13H26N2O. The number of amides is 2. The Kier molecular flexibility index (Phi) is 5.64. The van der Waals surface area contributed by atoms with E-state index in [1.807, 2.05) is 4.90 Å². The Labute approximate surface area is 99.6 Å². The van der Waals surface area contributed by atoms with Gasteiger partial charge in [0.25, 0.3) is 0 Å². The van der Waals surface area contributed by atoms with Gasteiger partial charge in [0.15, 0.2) is 0 Å². The molecular weight excluding hydrogens is 200 g/mol. The Balaban J connectivity index is 2.37. The number of carbonyl (C=O) groups excluding carboxylic acids is 1. The molecule has 1 aliphatic heterocycles. The molecule has 1 aliphatic rings. The number of hydrogen-bond acceptors (Lipinski definition) is 1. The van der Waals surface area contributed by atoms with Gasteiger partial charge in [-0.15, -0.1) is 0 Å². The van der Waals surface area contributed by atoms with Gasteiger partial charge in [-0.05, 0) is 31.6 Å². The number of likely N-dealkylation sites (tertiary alicyclic amines) is 1. The molecule has 0 aromatic carbocycles. The van der Waals surface area contributed by atoms with Crippen molar-refractivity contribution in [1.82, 2.24) is 10.2 Å². The minimum Gasteiger partial charge on any atom is -0.335 e. The van der Waals surface area contributed by atoms with Gasteiger partial charge in [0, 0.05) is 19.1 Å². The molecule has 0 bridgehead atoms. The number of rotatable bonds is 4. The smallest absolute Gasteiger partial charge is 0.317 e. The lowest BCUT2D eigenvalue weighted by molar-refractivity contribution is 0.165. The van der Waals surface area contributed by atoms with E-state index in [1.165, 1.54) is 6.42 Å². The molecule has 1 fully saturated rings. The first-order valence-electron chi connectivity index (χ1n) is 6.72. The second kappa shape index (κ2) is 6.77. The lowest BCUT2D eigenvalue weighted by atomic mass is 10.0. The summed E-state index contributed by atoms with van der Waals surface area (Å²) in [5.74, 6) is 0.658. The van der Waals surface area contributed by atoms with Crippen LogP contribution in [0, 0.1) is 5.92 Å². The molecule has 16 heavy (non-hydrogen) atoms. The largest absolute Gasteiger partial charge is 0.335 e. The predicted octanol–water partition coefficient (Wildman–Crippen LogP) is 3.01. The highest BCUT2D eigenvalue weighted by Crippen LogP contribution is 2.15. The first-order chi connectivity index (χ1) is 7.67. The maximum absolute atomic E-state index is 12.0. The van der Waals surface area contributed by atoms with Crippen molar-refractivity contribution in [3.8, 4) is 0 Å². The standard InChI is InChI=1S/C13H26N2O/c1-4-7-12(5-2)14-13(16)15-9-6-8-11(3)10-15/h11-12H,4-10H2,1-3H3,(H,14,16). The van der Waals surface area contributed by atoms with E-state index in [2.05, 4.69) is 26.1 Å². The quantitative estimate of drug-likeness (QED) is 0.785. The molecule has 2 atom stereocenters. The second-order valence-corrected chi connectivity index (χ2v) is 5.04. The molecule has 3 nitrogen and oxygen atoms in total. The normalized spacial score (nSPS) is 22.9. The number of nitrogens with zero attached hydrogens (tertiary/aromatic N) is 1. The van der Waals surface area contributed by atoms with Crippen LogP contribution in [0.25, 0.3) is 0 Å². The molecule has 0 aliphatic carbocycles. The van der Waals surface area contributed by atoms with Crippen molar-refractivity contribution < 1.29 is 4.79 Å². The van der Waals surface area contributed by atoms with E-state index in [4.69, 9.17) is 0 Å². The minimum atomic E-state index is 0.145. The van der Waals surface area contributed by atoms with E-state index in [0.29, 0.717) is 12.0 Å². The molecule has 2 unspecified atom stereocenters. The van der Waals surface area contributed by atoms with Gasteiger partial charge in [-0.1, -0.05) is 27.2 Å². The van der Waals surface area contributed by atoms with Gasteiger partial charge in [-0.25, -0.2) is 4.79 Å². The molecule has 0 aromatic rings. The Hall–Kier alpha value is -0.730. The first kappa shape index (κ1) is 13.3. The topological polar surface area (TPSA) is 32.3 Å². The predicted molar refractivity (Wildman–Crippen MR) is 67.5 cm³/mol. The summed E-state index contributed by atoms with van der Waals surface area (Å²) in [6.07, 6.45) is 5.67. The number of carbonyl (C=O) groups is 1. The molecule has 2 amide bonds. The van der Waals surface area contributed by atoms with Gasteiger partial charge in [0.05, 0.1) is 0 Å². The molecule has 1 rings (SSSR count). The summed E-state index contributed by atoms with van der Waals surface area (Å²) in [5, 5.41) is 3.14.